The van der Waals surface area contributed by atoms with E-state index >= 15 is 0 Å². The van der Waals surface area contributed by atoms with Crippen molar-refractivity contribution in [1.29, 1.82) is 0 Å². The molecule has 0 amide bonds. The smallest absolute Gasteiger partial charge is 0.0276 e. The van der Waals surface area contributed by atoms with Crippen LogP contribution in [0.4, 0.5) is 0 Å². The highest BCUT2D eigenvalue weighted by Crippen LogP contribution is 1.99. The molecule has 0 spiro atoms. The average molecular weight is 127 g/mol. The summed E-state index contributed by atoms with van der Waals surface area (Å²) in [5.41, 5.74) is 1.36. The fourth-order valence-electron chi connectivity index (χ4n) is 0.828. The predicted molar refractivity (Wildman–Crippen MR) is 43.2 cm³/mol. The van der Waals surface area contributed by atoms with Gasteiger partial charge in [-0.25, -0.2) is 0 Å². The lowest BCUT2D eigenvalue weighted by atomic mass is 10.1. The fourth-order valence-corrected chi connectivity index (χ4v) is 0.828. The Labute approximate surface area is 58.2 Å². The molecule has 0 heterocycles. The molecule has 1 nitrogen and oxygen atoms in total. The van der Waals surface area contributed by atoms with Crippen molar-refractivity contribution in [1.82, 2.24) is 0 Å². The molecule has 0 unspecified atom stereocenters. The van der Waals surface area contributed by atoms with Gasteiger partial charge in [-0.3, -0.25) is 4.99 Å². The minimum Gasteiger partial charge on any atom is -0.297 e. The number of rotatable bonds is 4. The minimum atomic E-state index is 1.12. The van der Waals surface area contributed by atoms with Gasteiger partial charge in [-0.1, -0.05) is 20.3 Å². The zero-order valence-electron chi connectivity index (χ0n) is 6.78. The number of hydrogen-bond donors (Lipinski definition) is 0. The zero-order chi connectivity index (χ0) is 7.11. The molecule has 0 radical (unpaired) electrons. The number of unbranched alkanes of at least 4 members (excludes halogenated alkanes) is 1. The van der Waals surface area contributed by atoms with Crippen LogP contribution in [0.15, 0.2) is 4.99 Å². The normalized spacial score (nSPS) is 12.1. The molecule has 0 bridgehead atoms. The Kier molecular flexibility index (Phi) is 5.59. The third kappa shape index (κ3) is 4.19. The minimum absolute atomic E-state index is 1.12. The van der Waals surface area contributed by atoms with Crippen LogP contribution < -0.4 is 0 Å². The van der Waals surface area contributed by atoms with Gasteiger partial charge in [-0.2, -0.15) is 0 Å². The Morgan fingerprint density at radius 2 is 2.00 bits per heavy atom. The largest absolute Gasteiger partial charge is 0.297 e. The van der Waals surface area contributed by atoms with Crippen LogP contribution in [0.2, 0.25) is 0 Å². The molecule has 0 atom stereocenters. The van der Waals surface area contributed by atoms with E-state index in [2.05, 4.69) is 18.8 Å². The van der Waals surface area contributed by atoms with Crippen LogP contribution in [0.1, 0.15) is 39.5 Å². The molecule has 54 valence electrons. The van der Waals surface area contributed by atoms with Crippen LogP contribution >= 0.6 is 0 Å². The summed E-state index contributed by atoms with van der Waals surface area (Å²) in [6, 6.07) is 0. The second kappa shape index (κ2) is 5.80. The molecular weight excluding hydrogens is 110 g/mol. The molecule has 0 rings (SSSR count). The van der Waals surface area contributed by atoms with Crippen LogP contribution in [-0.2, 0) is 0 Å². The summed E-state index contributed by atoms with van der Waals surface area (Å²) >= 11 is 0. The summed E-state index contributed by atoms with van der Waals surface area (Å²) in [5.74, 6) is 0. The van der Waals surface area contributed by atoms with E-state index in [0.29, 0.717) is 0 Å². The van der Waals surface area contributed by atoms with Crippen molar-refractivity contribution in [3.8, 4) is 0 Å². The van der Waals surface area contributed by atoms with Crippen LogP contribution in [0, 0.1) is 0 Å². The molecule has 0 aromatic rings. The second-order valence-electron chi connectivity index (χ2n) is 2.25. The van der Waals surface area contributed by atoms with E-state index < -0.39 is 0 Å². The lowest BCUT2D eigenvalue weighted by molar-refractivity contribution is 0.825. The Hall–Kier alpha value is -0.330. The molecule has 0 N–H and O–H groups in total. The number of hydrogen-bond acceptors (Lipinski definition) is 1. The molecule has 0 saturated heterocycles. The molecule has 0 aromatic carbocycles. The molecule has 0 aliphatic heterocycles. The number of aliphatic imine (C=N–C) groups is 1. The van der Waals surface area contributed by atoms with Crippen molar-refractivity contribution in [3.05, 3.63) is 0 Å². The Balaban J connectivity index is 3.33. The van der Waals surface area contributed by atoms with Crippen LogP contribution in [0.3, 0.4) is 0 Å². The van der Waals surface area contributed by atoms with Crippen molar-refractivity contribution in [3.63, 3.8) is 0 Å². The third-order valence-electron chi connectivity index (χ3n) is 1.54. The maximum Gasteiger partial charge on any atom is 0.0276 e. The molecule has 0 fully saturated rings. The van der Waals surface area contributed by atoms with Crippen LogP contribution in [0.25, 0.3) is 0 Å². The van der Waals surface area contributed by atoms with E-state index in [1.54, 1.807) is 0 Å². The molecule has 0 saturated carbocycles. The summed E-state index contributed by atoms with van der Waals surface area (Å²) in [7, 11) is 1.88. The third-order valence-corrected chi connectivity index (χ3v) is 1.54. The quantitative estimate of drug-likeness (QED) is 0.515. The average Bonchev–Trinajstić information content (AvgIpc) is 1.91. The van der Waals surface area contributed by atoms with Gasteiger partial charge in [-0.05, 0) is 19.3 Å². The van der Waals surface area contributed by atoms with E-state index in [-0.39, 0.29) is 0 Å². The van der Waals surface area contributed by atoms with Gasteiger partial charge in [0.05, 0.1) is 0 Å². The van der Waals surface area contributed by atoms with E-state index in [1.807, 2.05) is 7.05 Å². The maximum atomic E-state index is 4.16. The Bertz CT molecular complexity index is 84.6. The molecule has 0 aliphatic carbocycles. The van der Waals surface area contributed by atoms with Gasteiger partial charge in [0.15, 0.2) is 0 Å². The lowest BCUT2D eigenvalue weighted by Gasteiger charge is -1.98. The highest BCUT2D eigenvalue weighted by molar-refractivity contribution is 5.83. The summed E-state index contributed by atoms with van der Waals surface area (Å²) in [5, 5.41) is 0. The van der Waals surface area contributed by atoms with Gasteiger partial charge < -0.3 is 0 Å². The van der Waals surface area contributed by atoms with Gasteiger partial charge in [0.25, 0.3) is 0 Å². The maximum absolute atomic E-state index is 4.16. The van der Waals surface area contributed by atoms with E-state index in [4.69, 9.17) is 0 Å². The summed E-state index contributed by atoms with van der Waals surface area (Å²) in [6.45, 7) is 4.38. The highest BCUT2D eigenvalue weighted by atomic mass is 14.7. The van der Waals surface area contributed by atoms with Gasteiger partial charge >= 0.3 is 0 Å². The first-order valence-corrected chi connectivity index (χ1v) is 3.79. The fraction of sp³-hybridized carbons (Fsp3) is 0.875. The second-order valence-corrected chi connectivity index (χ2v) is 2.25. The number of nitrogens with zero attached hydrogens (tertiary/aromatic N) is 1. The van der Waals surface area contributed by atoms with Gasteiger partial charge in [0.1, 0.15) is 0 Å². The molecule has 0 aromatic heterocycles. The van der Waals surface area contributed by atoms with Crippen LogP contribution in [0.5, 0.6) is 0 Å². The van der Waals surface area contributed by atoms with Crippen molar-refractivity contribution in [2.24, 2.45) is 4.99 Å². The first-order valence-electron chi connectivity index (χ1n) is 3.79. The van der Waals surface area contributed by atoms with Crippen molar-refractivity contribution >= 4 is 5.71 Å². The first kappa shape index (κ1) is 8.67. The van der Waals surface area contributed by atoms with Crippen molar-refractivity contribution in [2.45, 2.75) is 39.5 Å². The topological polar surface area (TPSA) is 12.4 Å². The van der Waals surface area contributed by atoms with Crippen molar-refractivity contribution < 1.29 is 0 Å². The molecular formula is C8H17N. The van der Waals surface area contributed by atoms with E-state index in [0.717, 1.165) is 6.42 Å². The van der Waals surface area contributed by atoms with Gasteiger partial charge in [0.2, 0.25) is 0 Å². The van der Waals surface area contributed by atoms with Crippen LogP contribution in [-0.4, -0.2) is 12.8 Å². The first-order chi connectivity index (χ1) is 4.35. The Morgan fingerprint density at radius 1 is 1.33 bits per heavy atom. The molecule has 1 heteroatoms. The summed E-state index contributed by atoms with van der Waals surface area (Å²) < 4.78 is 0. The van der Waals surface area contributed by atoms with Crippen molar-refractivity contribution in [2.75, 3.05) is 7.05 Å². The predicted octanol–water partition coefficient (Wildman–Crippen LogP) is 2.66. The summed E-state index contributed by atoms with van der Waals surface area (Å²) in [6.07, 6.45) is 4.89. The monoisotopic (exact) mass is 127 g/mol. The Morgan fingerprint density at radius 3 is 2.33 bits per heavy atom. The molecule has 0 aliphatic rings. The highest BCUT2D eigenvalue weighted by Gasteiger charge is 1.91. The van der Waals surface area contributed by atoms with Gasteiger partial charge in [-0.15, -0.1) is 0 Å². The molecule has 9 heavy (non-hydrogen) atoms. The lowest BCUT2D eigenvalue weighted by Crippen LogP contribution is -1.94. The zero-order valence-corrected chi connectivity index (χ0v) is 6.78. The van der Waals surface area contributed by atoms with Gasteiger partial charge in [0, 0.05) is 12.8 Å². The SMILES string of the molecule is CCCCC(CC)=NC. The van der Waals surface area contributed by atoms with E-state index in [9.17, 15) is 0 Å². The summed E-state index contributed by atoms with van der Waals surface area (Å²) in [4.78, 5) is 4.16. The standard InChI is InChI=1S/C8H17N/c1-4-6-7-8(5-2)9-3/h4-7H2,1-3H3. The van der Waals surface area contributed by atoms with E-state index in [1.165, 1.54) is 25.0 Å².